The minimum absolute atomic E-state index is 0.0944. The van der Waals surface area contributed by atoms with Gasteiger partial charge in [0.25, 0.3) is 5.56 Å². The molecule has 0 saturated heterocycles. The molecule has 1 saturated carbocycles. The van der Waals surface area contributed by atoms with Gasteiger partial charge in [0.2, 0.25) is 5.91 Å². The second kappa shape index (κ2) is 7.87. The normalized spacial score (nSPS) is 14.6. The van der Waals surface area contributed by atoms with Gasteiger partial charge in [0.1, 0.15) is 11.6 Å². The van der Waals surface area contributed by atoms with Crippen molar-refractivity contribution >= 4 is 22.5 Å². The van der Waals surface area contributed by atoms with Crippen molar-refractivity contribution in [2.45, 2.75) is 31.2 Å². The van der Waals surface area contributed by atoms with E-state index in [1.165, 1.54) is 30.3 Å². The van der Waals surface area contributed by atoms with Gasteiger partial charge >= 0.3 is 0 Å². The summed E-state index contributed by atoms with van der Waals surface area (Å²) in [5, 5.41) is 12.8. The predicted octanol–water partition coefficient (Wildman–Crippen LogP) is 2.66. The molecule has 1 aliphatic rings. The molecule has 0 unspecified atom stereocenters. The molecule has 8 heteroatoms. The largest absolute Gasteiger partial charge is 0.399 e. The van der Waals surface area contributed by atoms with Gasteiger partial charge in [-0.15, -0.1) is 0 Å². The summed E-state index contributed by atoms with van der Waals surface area (Å²) in [5.74, 6) is -1.52. The number of nitrogens with two attached hydrogens (primary N) is 1. The number of carbonyl (C=O) groups is 1. The summed E-state index contributed by atoms with van der Waals surface area (Å²) >= 11 is 0. The Labute approximate surface area is 170 Å². The maximum absolute atomic E-state index is 14.2. The van der Waals surface area contributed by atoms with E-state index in [-0.39, 0.29) is 29.2 Å². The summed E-state index contributed by atoms with van der Waals surface area (Å²) in [5.41, 5.74) is 6.92. The molecular weight excluding hydrogens is 392 g/mol. The number of amides is 1. The number of H-pyrrole nitrogens is 1. The van der Waals surface area contributed by atoms with Crippen molar-refractivity contribution in [3.63, 3.8) is 0 Å². The van der Waals surface area contributed by atoms with E-state index in [9.17, 15) is 23.5 Å². The van der Waals surface area contributed by atoms with Gasteiger partial charge < -0.3 is 21.1 Å². The number of aliphatic hydroxyl groups is 1. The van der Waals surface area contributed by atoms with Crippen LogP contribution in [-0.2, 0) is 11.2 Å². The third-order valence-electron chi connectivity index (χ3n) is 5.36. The number of halogens is 2. The Bertz CT molecular complexity index is 1190. The Morgan fingerprint density at radius 1 is 1.23 bits per heavy atom. The van der Waals surface area contributed by atoms with Crippen LogP contribution in [0, 0.1) is 11.6 Å². The van der Waals surface area contributed by atoms with Crippen molar-refractivity contribution in [3.8, 4) is 0 Å². The zero-order valence-electron chi connectivity index (χ0n) is 16.0. The second-order valence-electron chi connectivity index (χ2n) is 7.57. The zero-order valence-corrected chi connectivity index (χ0v) is 16.0. The first-order valence-corrected chi connectivity index (χ1v) is 9.67. The SMILES string of the molecule is Nc1ccc([C@@H](CO)NC(=O)Cc2c(C3CC3)c3cc(F)ccc3[nH]c2=O)c(F)c1. The summed E-state index contributed by atoms with van der Waals surface area (Å²) in [6, 6.07) is 7.13. The van der Waals surface area contributed by atoms with Gasteiger partial charge in [-0.25, -0.2) is 8.78 Å². The van der Waals surface area contributed by atoms with Crippen LogP contribution in [0.1, 0.15) is 41.5 Å². The fraction of sp³-hybridized carbons (Fsp3) is 0.273. The van der Waals surface area contributed by atoms with E-state index < -0.39 is 35.7 Å². The number of benzene rings is 2. The minimum atomic E-state index is -0.987. The van der Waals surface area contributed by atoms with Crippen molar-refractivity contribution < 1.29 is 18.7 Å². The number of pyridine rings is 1. The molecule has 2 aromatic carbocycles. The number of rotatable bonds is 6. The van der Waals surface area contributed by atoms with Crippen LogP contribution >= 0.6 is 0 Å². The Morgan fingerprint density at radius 2 is 2.00 bits per heavy atom. The van der Waals surface area contributed by atoms with Gasteiger partial charge in [-0.2, -0.15) is 0 Å². The summed E-state index contributed by atoms with van der Waals surface area (Å²) in [4.78, 5) is 28.1. The fourth-order valence-electron chi connectivity index (χ4n) is 3.80. The van der Waals surface area contributed by atoms with E-state index in [2.05, 4.69) is 10.3 Å². The Balaban J connectivity index is 1.65. The number of hydrogen-bond donors (Lipinski definition) is 4. The van der Waals surface area contributed by atoms with Gasteiger partial charge in [0.05, 0.1) is 19.1 Å². The summed E-state index contributed by atoms with van der Waals surface area (Å²) in [6.07, 6.45) is 1.46. The third-order valence-corrected chi connectivity index (χ3v) is 5.36. The number of hydrogen-bond acceptors (Lipinski definition) is 4. The lowest BCUT2D eigenvalue weighted by molar-refractivity contribution is -0.121. The molecule has 1 aliphatic carbocycles. The number of aromatic nitrogens is 1. The molecule has 1 amide bonds. The van der Waals surface area contributed by atoms with Crippen molar-refractivity contribution in [1.82, 2.24) is 10.3 Å². The van der Waals surface area contributed by atoms with Crippen LogP contribution in [0.4, 0.5) is 14.5 Å². The van der Waals surface area contributed by atoms with Crippen LogP contribution < -0.4 is 16.6 Å². The van der Waals surface area contributed by atoms with E-state index >= 15 is 0 Å². The molecule has 3 aromatic rings. The molecule has 30 heavy (non-hydrogen) atoms. The maximum atomic E-state index is 14.2. The first-order chi connectivity index (χ1) is 14.4. The highest BCUT2D eigenvalue weighted by molar-refractivity contribution is 5.87. The number of anilines is 1. The van der Waals surface area contributed by atoms with E-state index in [0.29, 0.717) is 16.5 Å². The van der Waals surface area contributed by atoms with Gasteiger partial charge in [0.15, 0.2) is 0 Å². The molecule has 1 fully saturated rings. The van der Waals surface area contributed by atoms with Crippen molar-refractivity contribution in [3.05, 3.63) is 75.1 Å². The van der Waals surface area contributed by atoms with Crippen LogP contribution in [0.3, 0.4) is 0 Å². The first-order valence-electron chi connectivity index (χ1n) is 9.67. The highest BCUT2D eigenvalue weighted by Gasteiger charge is 2.31. The van der Waals surface area contributed by atoms with Crippen LogP contribution in [0.2, 0.25) is 0 Å². The van der Waals surface area contributed by atoms with Crippen molar-refractivity contribution in [2.75, 3.05) is 12.3 Å². The molecular formula is C22H21F2N3O3. The van der Waals surface area contributed by atoms with Crippen LogP contribution in [-0.4, -0.2) is 22.6 Å². The first kappa shape index (κ1) is 20.0. The maximum Gasteiger partial charge on any atom is 0.252 e. The topological polar surface area (TPSA) is 108 Å². The van der Waals surface area contributed by atoms with Crippen molar-refractivity contribution in [2.24, 2.45) is 0 Å². The van der Waals surface area contributed by atoms with E-state index in [4.69, 9.17) is 5.73 Å². The quantitative estimate of drug-likeness (QED) is 0.466. The standard InChI is InChI=1S/C22H21F2N3O3/c23-12-3-6-18-15(7-12)21(11-1-2-11)16(22(30)27-18)9-20(29)26-19(10-28)14-5-4-13(25)8-17(14)24/h3-8,11,19,28H,1-2,9-10,25H2,(H,26,29)(H,27,30)/t19-/m1/s1. The summed E-state index contributed by atoms with van der Waals surface area (Å²) in [6.45, 7) is -0.526. The minimum Gasteiger partial charge on any atom is -0.399 e. The summed E-state index contributed by atoms with van der Waals surface area (Å²) < 4.78 is 28.0. The predicted molar refractivity (Wildman–Crippen MR) is 109 cm³/mol. The zero-order chi connectivity index (χ0) is 21.4. The molecule has 0 aliphatic heterocycles. The molecule has 1 atom stereocenters. The van der Waals surface area contributed by atoms with E-state index in [0.717, 1.165) is 18.9 Å². The van der Waals surface area contributed by atoms with Crippen LogP contribution in [0.25, 0.3) is 10.9 Å². The number of fused-ring (bicyclic) bond motifs is 1. The number of aliphatic hydroxyl groups excluding tert-OH is 1. The van der Waals surface area contributed by atoms with Gasteiger partial charge in [0, 0.05) is 27.7 Å². The highest BCUT2D eigenvalue weighted by Crippen LogP contribution is 2.44. The number of nitrogen functional groups attached to an aromatic ring is 1. The molecule has 6 nitrogen and oxygen atoms in total. The smallest absolute Gasteiger partial charge is 0.252 e. The molecule has 0 radical (unpaired) electrons. The fourth-order valence-corrected chi connectivity index (χ4v) is 3.80. The van der Waals surface area contributed by atoms with Crippen molar-refractivity contribution in [1.29, 1.82) is 0 Å². The van der Waals surface area contributed by atoms with Gasteiger partial charge in [-0.1, -0.05) is 6.07 Å². The Kier molecular flexibility index (Phi) is 5.26. The van der Waals surface area contributed by atoms with E-state index in [1.807, 2.05) is 0 Å². The lowest BCUT2D eigenvalue weighted by Gasteiger charge is -2.18. The van der Waals surface area contributed by atoms with Crippen LogP contribution in [0.5, 0.6) is 0 Å². The molecule has 0 bridgehead atoms. The lowest BCUT2D eigenvalue weighted by atomic mass is 9.96. The molecule has 1 heterocycles. The lowest BCUT2D eigenvalue weighted by Crippen LogP contribution is -2.34. The Morgan fingerprint density at radius 3 is 2.67 bits per heavy atom. The number of nitrogens with one attached hydrogen (secondary N) is 2. The molecule has 0 spiro atoms. The van der Waals surface area contributed by atoms with Gasteiger partial charge in [-0.3, -0.25) is 9.59 Å². The average Bonchev–Trinajstić information content (AvgIpc) is 3.52. The number of carbonyl (C=O) groups excluding carboxylic acids is 1. The molecule has 5 N–H and O–H groups in total. The Hall–Kier alpha value is -3.26. The monoisotopic (exact) mass is 413 g/mol. The third kappa shape index (κ3) is 3.91. The molecule has 1 aromatic heterocycles. The average molecular weight is 413 g/mol. The highest BCUT2D eigenvalue weighted by atomic mass is 19.1. The van der Waals surface area contributed by atoms with E-state index in [1.54, 1.807) is 0 Å². The van der Waals surface area contributed by atoms with Gasteiger partial charge in [-0.05, 0) is 54.7 Å². The molecule has 4 rings (SSSR count). The van der Waals surface area contributed by atoms with Crippen LogP contribution in [0.15, 0.2) is 41.2 Å². The molecule has 156 valence electrons. The summed E-state index contributed by atoms with van der Waals surface area (Å²) in [7, 11) is 0. The second-order valence-corrected chi connectivity index (χ2v) is 7.57. The number of aromatic amines is 1.